The molecule has 2 heterocycles. The number of para-hydroxylation sites is 1. The molecule has 0 spiro atoms. The molecule has 0 bridgehead atoms. The topological polar surface area (TPSA) is 73.0 Å². The van der Waals surface area contributed by atoms with E-state index in [2.05, 4.69) is 10.1 Å². The molecule has 28 heavy (non-hydrogen) atoms. The van der Waals surface area contributed by atoms with E-state index in [4.69, 9.17) is 0 Å². The van der Waals surface area contributed by atoms with E-state index in [1.165, 1.54) is 36.4 Å². The average Bonchev–Trinajstić information content (AvgIpc) is 3.17. The van der Waals surface area contributed by atoms with Crippen molar-refractivity contribution in [2.75, 3.05) is 6.54 Å². The van der Waals surface area contributed by atoms with Crippen LogP contribution >= 0.6 is 0 Å². The minimum absolute atomic E-state index is 0.0165. The normalized spacial score (nSPS) is 15.0. The van der Waals surface area contributed by atoms with Gasteiger partial charge in [0.1, 0.15) is 18.3 Å². The molecular weight excluding hydrogens is 354 g/mol. The smallest absolute Gasteiger partial charge is 0.264 e. The van der Waals surface area contributed by atoms with E-state index in [9.17, 15) is 9.59 Å². The van der Waals surface area contributed by atoms with Gasteiger partial charge in [-0.1, -0.05) is 37.5 Å². The molecule has 1 saturated carbocycles. The molecule has 3 aromatic rings. The molecule has 0 N–H and O–H groups in total. The molecule has 1 aliphatic carbocycles. The number of hydrogen-bond donors (Lipinski definition) is 0. The van der Waals surface area contributed by atoms with Crippen molar-refractivity contribution in [1.82, 2.24) is 24.2 Å². The van der Waals surface area contributed by atoms with Gasteiger partial charge in [-0.2, -0.15) is 5.10 Å². The van der Waals surface area contributed by atoms with Crippen LogP contribution in [0.2, 0.25) is 0 Å². The Morgan fingerprint density at radius 2 is 1.93 bits per heavy atom. The molecule has 1 amide bonds. The summed E-state index contributed by atoms with van der Waals surface area (Å²) in [5.74, 6) is -0.0203. The van der Waals surface area contributed by atoms with Crippen molar-refractivity contribution in [1.29, 1.82) is 0 Å². The summed E-state index contributed by atoms with van der Waals surface area (Å²) in [5.41, 5.74) is 1.10. The number of fused-ring (bicyclic) bond motifs is 1. The lowest BCUT2D eigenvalue weighted by atomic mass is 9.94. The Kier molecular flexibility index (Phi) is 5.23. The first-order valence-electron chi connectivity index (χ1n) is 9.97. The van der Waals surface area contributed by atoms with E-state index >= 15 is 0 Å². The number of aromatic nitrogens is 4. The summed E-state index contributed by atoms with van der Waals surface area (Å²) >= 11 is 0. The second-order valence-electron chi connectivity index (χ2n) is 7.28. The molecule has 0 unspecified atom stereocenters. The Morgan fingerprint density at radius 3 is 2.64 bits per heavy atom. The van der Waals surface area contributed by atoms with Crippen molar-refractivity contribution in [3.63, 3.8) is 0 Å². The van der Waals surface area contributed by atoms with Crippen molar-refractivity contribution < 1.29 is 4.79 Å². The minimum atomic E-state index is -0.236. The van der Waals surface area contributed by atoms with Gasteiger partial charge in [-0.25, -0.2) is 9.67 Å². The first-order valence-corrected chi connectivity index (χ1v) is 9.97. The number of amides is 1. The minimum Gasteiger partial charge on any atom is -0.338 e. The zero-order valence-corrected chi connectivity index (χ0v) is 16.1. The summed E-state index contributed by atoms with van der Waals surface area (Å²) in [6.45, 7) is 2.68. The van der Waals surface area contributed by atoms with Crippen LogP contribution in [-0.2, 0) is 11.3 Å². The second-order valence-corrected chi connectivity index (χ2v) is 7.28. The van der Waals surface area contributed by atoms with Gasteiger partial charge in [0.2, 0.25) is 5.91 Å². The third kappa shape index (κ3) is 3.44. The first-order chi connectivity index (χ1) is 13.7. The molecule has 0 aliphatic heterocycles. The van der Waals surface area contributed by atoms with Crippen LogP contribution in [-0.4, -0.2) is 42.7 Å². The molecule has 7 nitrogen and oxygen atoms in total. The van der Waals surface area contributed by atoms with Gasteiger partial charge >= 0.3 is 0 Å². The lowest BCUT2D eigenvalue weighted by Crippen LogP contribution is -2.44. The maximum atomic E-state index is 12.9. The van der Waals surface area contributed by atoms with E-state index in [0.717, 1.165) is 18.5 Å². The van der Waals surface area contributed by atoms with E-state index in [-0.39, 0.29) is 18.0 Å². The van der Waals surface area contributed by atoms with Crippen LogP contribution in [0.15, 0.2) is 47.7 Å². The van der Waals surface area contributed by atoms with Gasteiger partial charge in [-0.15, -0.1) is 0 Å². The highest BCUT2D eigenvalue weighted by Crippen LogP contribution is 2.22. The van der Waals surface area contributed by atoms with Crippen molar-refractivity contribution in [3.8, 4) is 5.69 Å². The largest absolute Gasteiger partial charge is 0.338 e. The van der Waals surface area contributed by atoms with Crippen LogP contribution < -0.4 is 5.56 Å². The fourth-order valence-corrected chi connectivity index (χ4v) is 4.09. The molecule has 1 fully saturated rings. The monoisotopic (exact) mass is 379 g/mol. The Labute approximate surface area is 163 Å². The standard InChI is InChI=1S/C21H25N5O2/c1-2-25(16-9-5-3-6-10-16)19(27)14-24-15-22-20-18(21(24)28)13-23-26(20)17-11-7-4-8-12-17/h4,7-8,11-13,15-16H,2-3,5-6,9-10,14H2,1H3. The van der Waals surface area contributed by atoms with Crippen molar-refractivity contribution >= 4 is 16.9 Å². The van der Waals surface area contributed by atoms with Crippen LogP contribution in [0, 0.1) is 0 Å². The zero-order chi connectivity index (χ0) is 19.5. The number of benzene rings is 1. The highest BCUT2D eigenvalue weighted by Gasteiger charge is 2.24. The van der Waals surface area contributed by atoms with Crippen LogP contribution in [0.1, 0.15) is 39.0 Å². The summed E-state index contributed by atoms with van der Waals surface area (Å²) in [5, 5.41) is 4.73. The molecule has 7 heteroatoms. The average molecular weight is 379 g/mol. The predicted octanol–water partition coefficient (Wildman–Crippen LogP) is 2.76. The zero-order valence-electron chi connectivity index (χ0n) is 16.1. The van der Waals surface area contributed by atoms with Crippen molar-refractivity contribution in [3.05, 3.63) is 53.2 Å². The van der Waals surface area contributed by atoms with Gasteiger partial charge in [-0.3, -0.25) is 14.2 Å². The third-order valence-electron chi connectivity index (χ3n) is 5.54. The Hall–Kier alpha value is -2.96. The molecule has 1 aromatic carbocycles. The van der Waals surface area contributed by atoms with Crippen LogP contribution in [0.25, 0.3) is 16.7 Å². The Balaban J connectivity index is 1.60. The fraction of sp³-hybridized carbons (Fsp3) is 0.429. The summed E-state index contributed by atoms with van der Waals surface area (Å²) in [6, 6.07) is 9.85. The number of rotatable bonds is 5. The van der Waals surface area contributed by atoms with E-state index < -0.39 is 0 Å². The third-order valence-corrected chi connectivity index (χ3v) is 5.54. The molecule has 0 radical (unpaired) electrons. The number of nitrogens with zero attached hydrogens (tertiary/aromatic N) is 5. The molecular formula is C21H25N5O2. The van der Waals surface area contributed by atoms with Gasteiger partial charge in [0.15, 0.2) is 5.65 Å². The molecule has 0 saturated heterocycles. The van der Waals surface area contributed by atoms with Gasteiger partial charge in [-0.05, 0) is 31.9 Å². The molecule has 1 aliphatic rings. The lowest BCUT2D eigenvalue weighted by Gasteiger charge is -2.33. The number of hydrogen-bond acceptors (Lipinski definition) is 4. The van der Waals surface area contributed by atoms with E-state index in [1.54, 1.807) is 4.68 Å². The van der Waals surface area contributed by atoms with Crippen molar-refractivity contribution in [2.24, 2.45) is 0 Å². The Morgan fingerprint density at radius 1 is 1.18 bits per heavy atom. The quantitative estimate of drug-likeness (QED) is 0.683. The maximum Gasteiger partial charge on any atom is 0.264 e. The van der Waals surface area contributed by atoms with Gasteiger partial charge in [0.05, 0.1) is 11.9 Å². The van der Waals surface area contributed by atoms with Crippen LogP contribution in [0.3, 0.4) is 0 Å². The van der Waals surface area contributed by atoms with Gasteiger partial charge in [0, 0.05) is 12.6 Å². The van der Waals surface area contributed by atoms with Crippen LogP contribution in [0.4, 0.5) is 0 Å². The molecule has 0 atom stereocenters. The lowest BCUT2D eigenvalue weighted by molar-refractivity contribution is -0.134. The summed E-state index contributed by atoms with van der Waals surface area (Å²) < 4.78 is 3.04. The predicted molar refractivity (Wildman–Crippen MR) is 107 cm³/mol. The summed E-state index contributed by atoms with van der Waals surface area (Å²) in [6.07, 6.45) is 8.66. The number of likely N-dealkylation sites (N-methyl/N-ethyl adjacent to an activating group) is 1. The Bertz CT molecular complexity index is 1020. The molecule has 2 aromatic heterocycles. The van der Waals surface area contributed by atoms with E-state index in [1.807, 2.05) is 42.2 Å². The molecule has 146 valence electrons. The summed E-state index contributed by atoms with van der Waals surface area (Å²) in [4.78, 5) is 32.1. The molecule has 4 rings (SSSR count). The maximum absolute atomic E-state index is 12.9. The number of carbonyl (C=O) groups is 1. The summed E-state index contributed by atoms with van der Waals surface area (Å²) in [7, 11) is 0. The number of carbonyl (C=O) groups excluding carboxylic acids is 1. The highest BCUT2D eigenvalue weighted by atomic mass is 16.2. The SMILES string of the molecule is CCN(C(=O)Cn1cnc2c(cnn2-c2ccccc2)c1=O)C1CCCCC1. The van der Waals surface area contributed by atoms with Gasteiger partial charge in [0.25, 0.3) is 5.56 Å². The van der Waals surface area contributed by atoms with Crippen molar-refractivity contribution in [2.45, 2.75) is 51.6 Å². The second kappa shape index (κ2) is 7.96. The van der Waals surface area contributed by atoms with Crippen LogP contribution in [0.5, 0.6) is 0 Å². The highest BCUT2D eigenvalue weighted by molar-refractivity contribution is 5.78. The fourth-order valence-electron chi connectivity index (χ4n) is 4.09. The van der Waals surface area contributed by atoms with E-state index in [0.29, 0.717) is 23.6 Å². The first kappa shape index (κ1) is 18.4. The van der Waals surface area contributed by atoms with Gasteiger partial charge < -0.3 is 4.90 Å².